The van der Waals surface area contributed by atoms with Crippen molar-refractivity contribution in [3.63, 3.8) is 0 Å². The van der Waals surface area contributed by atoms with E-state index in [9.17, 15) is 9.59 Å². The molecule has 4 nitrogen and oxygen atoms in total. The Morgan fingerprint density at radius 1 is 1.08 bits per heavy atom. The summed E-state index contributed by atoms with van der Waals surface area (Å²) in [6, 6.07) is 16.2. The molecular formula is C19H20ClNO3. The van der Waals surface area contributed by atoms with Gasteiger partial charge in [-0.2, -0.15) is 0 Å². The van der Waals surface area contributed by atoms with Crippen molar-refractivity contribution in [2.45, 2.75) is 25.3 Å². The molecule has 0 saturated heterocycles. The molecule has 1 atom stereocenters. The third-order valence-corrected chi connectivity index (χ3v) is 4.06. The van der Waals surface area contributed by atoms with Crippen molar-refractivity contribution in [3.05, 3.63) is 70.7 Å². The SMILES string of the molecule is COC(=O)[C@@H](Cc1ccccc1Cl)NC(=O)CCc1ccccc1. The van der Waals surface area contributed by atoms with Gasteiger partial charge in [0.05, 0.1) is 7.11 Å². The van der Waals surface area contributed by atoms with Gasteiger partial charge in [-0.05, 0) is 23.6 Å². The van der Waals surface area contributed by atoms with E-state index in [-0.39, 0.29) is 5.91 Å². The summed E-state index contributed by atoms with van der Waals surface area (Å²) in [5.74, 6) is -0.677. The van der Waals surface area contributed by atoms with E-state index < -0.39 is 12.0 Å². The first-order valence-corrected chi connectivity index (χ1v) is 8.12. The average Bonchev–Trinajstić information content (AvgIpc) is 2.61. The molecule has 0 fully saturated rings. The van der Waals surface area contributed by atoms with E-state index in [1.807, 2.05) is 48.5 Å². The summed E-state index contributed by atoms with van der Waals surface area (Å²) < 4.78 is 4.79. The van der Waals surface area contributed by atoms with Crippen molar-refractivity contribution >= 4 is 23.5 Å². The van der Waals surface area contributed by atoms with Crippen molar-refractivity contribution < 1.29 is 14.3 Å². The summed E-state index contributed by atoms with van der Waals surface area (Å²) in [6.45, 7) is 0. The minimum Gasteiger partial charge on any atom is -0.467 e. The van der Waals surface area contributed by atoms with E-state index in [0.717, 1.165) is 11.1 Å². The standard InChI is InChI=1S/C19H20ClNO3/c1-24-19(23)17(13-15-9-5-6-10-16(15)20)21-18(22)12-11-14-7-3-2-4-8-14/h2-10,17H,11-13H2,1H3,(H,21,22)/t17-/m1/s1. The Balaban J connectivity index is 1.97. The number of esters is 1. The number of aryl methyl sites for hydroxylation is 1. The van der Waals surface area contributed by atoms with Crippen molar-refractivity contribution in [3.8, 4) is 0 Å². The van der Waals surface area contributed by atoms with Crippen LogP contribution in [0.1, 0.15) is 17.5 Å². The van der Waals surface area contributed by atoms with E-state index in [1.165, 1.54) is 7.11 Å². The molecule has 0 saturated carbocycles. The van der Waals surface area contributed by atoms with Gasteiger partial charge in [-0.3, -0.25) is 4.79 Å². The van der Waals surface area contributed by atoms with Crippen molar-refractivity contribution in [1.29, 1.82) is 0 Å². The van der Waals surface area contributed by atoms with E-state index in [0.29, 0.717) is 24.3 Å². The first-order chi connectivity index (χ1) is 11.6. The highest BCUT2D eigenvalue weighted by Crippen LogP contribution is 2.17. The van der Waals surface area contributed by atoms with Crippen molar-refractivity contribution in [2.24, 2.45) is 0 Å². The van der Waals surface area contributed by atoms with E-state index in [1.54, 1.807) is 6.07 Å². The Bertz CT molecular complexity index is 688. The van der Waals surface area contributed by atoms with Gasteiger partial charge in [0.2, 0.25) is 5.91 Å². The molecule has 0 aliphatic carbocycles. The number of amides is 1. The Kier molecular flexibility index (Phi) is 6.82. The molecule has 1 N–H and O–H groups in total. The predicted octanol–water partition coefficient (Wildman–Crippen LogP) is 3.17. The van der Waals surface area contributed by atoms with Crippen LogP contribution in [0.3, 0.4) is 0 Å². The lowest BCUT2D eigenvalue weighted by Crippen LogP contribution is -2.43. The molecular weight excluding hydrogens is 326 g/mol. The fourth-order valence-corrected chi connectivity index (χ4v) is 2.60. The molecule has 0 aliphatic heterocycles. The van der Waals surface area contributed by atoms with Gasteiger partial charge in [-0.15, -0.1) is 0 Å². The minimum absolute atomic E-state index is 0.193. The topological polar surface area (TPSA) is 55.4 Å². The summed E-state index contributed by atoms with van der Waals surface area (Å²) in [4.78, 5) is 24.1. The summed E-state index contributed by atoms with van der Waals surface area (Å²) in [6.07, 6.45) is 1.22. The van der Waals surface area contributed by atoms with Gasteiger partial charge in [0.1, 0.15) is 6.04 Å². The van der Waals surface area contributed by atoms with Gasteiger partial charge < -0.3 is 10.1 Å². The third kappa shape index (κ3) is 5.39. The van der Waals surface area contributed by atoms with E-state index in [4.69, 9.17) is 16.3 Å². The molecule has 0 bridgehead atoms. The number of ether oxygens (including phenoxy) is 1. The number of halogens is 1. The highest BCUT2D eigenvalue weighted by molar-refractivity contribution is 6.31. The van der Waals surface area contributed by atoms with Crippen LogP contribution in [-0.2, 0) is 27.2 Å². The van der Waals surface area contributed by atoms with Gasteiger partial charge >= 0.3 is 5.97 Å². The normalized spacial score (nSPS) is 11.6. The maximum absolute atomic E-state index is 12.2. The fraction of sp³-hybridized carbons (Fsp3) is 0.263. The molecule has 2 aromatic carbocycles. The smallest absolute Gasteiger partial charge is 0.328 e. The molecule has 0 aromatic heterocycles. The van der Waals surface area contributed by atoms with Crippen LogP contribution in [0, 0.1) is 0 Å². The zero-order chi connectivity index (χ0) is 17.4. The zero-order valence-electron chi connectivity index (χ0n) is 13.5. The van der Waals surface area contributed by atoms with E-state index in [2.05, 4.69) is 5.32 Å². The van der Waals surface area contributed by atoms with Crippen LogP contribution in [-0.4, -0.2) is 25.0 Å². The largest absolute Gasteiger partial charge is 0.467 e. The van der Waals surface area contributed by atoms with Crippen LogP contribution in [0.5, 0.6) is 0 Å². The Labute approximate surface area is 146 Å². The number of nitrogens with one attached hydrogen (secondary N) is 1. The lowest BCUT2D eigenvalue weighted by atomic mass is 10.0. The molecule has 0 heterocycles. The molecule has 0 radical (unpaired) electrons. The average molecular weight is 346 g/mol. The molecule has 2 aromatic rings. The summed E-state index contributed by atoms with van der Waals surface area (Å²) >= 11 is 6.13. The molecule has 0 spiro atoms. The zero-order valence-corrected chi connectivity index (χ0v) is 14.3. The first-order valence-electron chi connectivity index (χ1n) is 7.74. The molecule has 5 heteroatoms. The van der Waals surface area contributed by atoms with E-state index >= 15 is 0 Å². The summed E-state index contributed by atoms with van der Waals surface area (Å²) in [5.41, 5.74) is 1.87. The second kappa shape index (κ2) is 9.08. The quantitative estimate of drug-likeness (QED) is 0.784. The van der Waals surface area contributed by atoms with Crippen LogP contribution >= 0.6 is 11.6 Å². The Hall–Kier alpha value is -2.33. The number of hydrogen-bond donors (Lipinski definition) is 1. The fourth-order valence-electron chi connectivity index (χ4n) is 2.39. The molecule has 2 rings (SSSR count). The number of carbonyl (C=O) groups excluding carboxylic acids is 2. The predicted molar refractivity (Wildman–Crippen MR) is 93.9 cm³/mol. The van der Waals surface area contributed by atoms with Crippen LogP contribution in [0.15, 0.2) is 54.6 Å². The number of methoxy groups -OCH3 is 1. The maximum atomic E-state index is 12.2. The van der Waals surface area contributed by atoms with Crippen LogP contribution in [0.2, 0.25) is 5.02 Å². The number of rotatable bonds is 7. The molecule has 1 amide bonds. The first kappa shape index (κ1) is 18.0. The number of carbonyl (C=O) groups is 2. The van der Waals surface area contributed by atoms with Crippen LogP contribution in [0.4, 0.5) is 0 Å². The van der Waals surface area contributed by atoms with Crippen LogP contribution in [0.25, 0.3) is 0 Å². The monoisotopic (exact) mass is 345 g/mol. The highest BCUT2D eigenvalue weighted by atomic mass is 35.5. The molecule has 24 heavy (non-hydrogen) atoms. The Morgan fingerprint density at radius 2 is 1.75 bits per heavy atom. The van der Waals surface area contributed by atoms with Gasteiger partial charge in [-0.25, -0.2) is 4.79 Å². The van der Waals surface area contributed by atoms with Gasteiger partial charge in [0, 0.05) is 17.9 Å². The number of benzene rings is 2. The van der Waals surface area contributed by atoms with Gasteiger partial charge in [0.25, 0.3) is 0 Å². The number of hydrogen-bond acceptors (Lipinski definition) is 3. The lowest BCUT2D eigenvalue weighted by molar-refractivity contribution is -0.145. The molecule has 0 aliphatic rings. The highest BCUT2D eigenvalue weighted by Gasteiger charge is 2.22. The molecule has 126 valence electrons. The van der Waals surface area contributed by atoms with Gasteiger partial charge in [-0.1, -0.05) is 60.1 Å². The third-order valence-electron chi connectivity index (χ3n) is 3.69. The van der Waals surface area contributed by atoms with Crippen LogP contribution < -0.4 is 5.32 Å². The second-order valence-corrected chi connectivity index (χ2v) is 5.83. The van der Waals surface area contributed by atoms with Crippen molar-refractivity contribution in [2.75, 3.05) is 7.11 Å². The van der Waals surface area contributed by atoms with Crippen molar-refractivity contribution in [1.82, 2.24) is 5.32 Å². The maximum Gasteiger partial charge on any atom is 0.328 e. The Morgan fingerprint density at radius 3 is 2.42 bits per heavy atom. The minimum atomic E-state index is -0.752. The van der Waals surface area contributed by atoms with Gasteiger partial charge in [0.15, 0.2) is 0 Å². The molecule has 0 unspecified atom stereocenters. The summed E-state index contributed by atoms with van der Waals surface area (Å²) in [7, 11) is 1.30. The lowest BCUT2D eigenvalue weighted by Gasteiger charge is -2.17. The summed E-state index contributed by atoms with van der Waals surface area (Å²) in [5, 5.41) is 3.30. The second-order valence-electron chi connectivity index (χ2n) is 5.42.